The lowest BCUT2D eigenvalue weighted by molar-refractivity contribution is 0.279. The van der Waals surface area contributed by atoms with E-state index in [1.807, 2.05) is 25.1 Å². The summed E-state index contributed by atoms with van der Waals surface area (Å²) in [6, 6.07) is 5.95. The highest BCUT2D eigenvalue weighted by Gasteiger charge is 2.11. The molecule has 0 saturated heterocycles. The van der Waals surface area contributed by atoms with Crippen molar-refractivity contribution >= 4 is 21.6 Å². The first-order valence-electron chi connectivity index (χ1n) is 6.30. The number of pyridine rings is 1. The number of benzene rings is 1. The summed E-state index contributed by atoms with van der Waals surface area (Å²) in [6.07, 6.45) is 1.60. The van der Waals surface area contributed by atoms with Crippen molar-refractivity contribution in [3.05, 3.63) is 51.3 Å². The highest BCUT2D eigenvalue weighted by molar-refractivity contribution is 9.10. The zero-order valence-electron chi connectivity index (χ0n) is 11.4. The Morgan fingerprint density at radius 1 is 1.30 bits per heavy atom. The summed E-state index contributed by atoms with van der Waals surface area (Å²) < 4.78 is 1.03. The molecule has 0 aliphatic carbocycles. The molecule has 5 heteroatoms. The quantitative estimate of drug-likeness (QED) is 0.801. The molecule has 0 saturated carbocycles. The Morgan fingerprint density at radius 3 is 2.70 bits per heavy atom. The molecule has 3 N–H and O–H groups in total. The Balaban J connectivity index is 2.24. The average molecular weight is 337 g/mol. The molecule has 4 nitrogen and oxygen atoms in total. The van der Waals surface area contributed by atoms with Crippen LogP contribution in [0.1, 0.15) is 22.4 Å². The SMILES string of the molecule is Cc1cc(Br)ccc1NCc1c(CO)cnc(C)c1O. The van der Waals surface area contributed by atoms with Crippen LogP contribution in [0.3, 0.4) is 0 Å². The van der Waals surface area contributed by atoms with Gasteiger partial charge in [0.25, 0.3) is 0 Å². The summed E-state index contributed by atoms with van der Waals surface area (Å²) in [5.74, 6) is 0.138. The molecule has 1 aromatic heterocycles. The third-order valence-electron chi connectivity index (χ3n) is 3.24. The lowest BCUT2D eigenvalue weighted by Crippen LogP contribution is -2.06. The maximum absolute atomic E-state index is 10.1. The van der Waals surface area contributed by atoms with E-state index in [4.69, 9.17) is 0 Å². The van der Waals surface area contributed by atoms with Gasteiger partial charge in [-0.25, -0.2) is 0 Å². The Hall–Kier alpha value is -1.59. The van der Waals surface area contributed by atoms with Gasteiger partial charge in [0.2, 0.25) is 0 Å². The number of aliphatic hydroxyl groups is 1. The van der Waals surface area contributed by atoms with Crippen LogP contribution in [0, 0.1) is 13.8 Å². The van der Waals surface area contributed by atoms with Crippen molar-refractivity contribution in [2.45, 2.75) is 27.0 Å². The van der Waals surface area contributed by atoms with Crippen molar-refractivity contribution in [2.24, 2.45) is 0 Å². The van der Waals surface area contributed by atoms with Crippen molar-refractivity contribution in [1.29, 1.82) is 0 Å². The normalized spacial score (nSPS) is 10.6. The summed E-state index contributed by atoms with van der Waals surface area (Å²) in [4.78, 5) is 4.05. The number of aromatic nitrogens is 1. The number of nitrogens with zero attached hydrogens (tertiary/aromatic N) is 1. The van der Waals surface area contributed by atoms with E-state index in [9.17, 15) is 10.2 Å². The minimum absolute atomic E-state index is 0.138. The molecule has 0 bridgehead atoms. The van der Waals surface area contributed by atoms with Crippen LogP contribution in [0.15, 0.2) is 28.9 Å². The van der Waals surface area contributed by atoms with Crippen LogP contribution < -0.4 is 5.32 Å². The van der Waals surface area contributed by atoms with Crippen LogP contribution in [0.5, 0.6) is 5.75 Å². The van der Waals surface area contributed by atoms with E-state index in [2.05, 4.69) is 26.2 Å². The molecule has 0 spiro atoms. The average Bonchev–Trinajstić information content (AvgIpc) is 2.42. The summed E-state index contributed by atoms with van der Waals surface area (Å²) in [5.41, 5.74) is 3.98. The molecule has 2 rings (SSSR count). The van der Waals surface area contributed by atoms with Gasteiger partial charge in [0, 0.05) is 34.0 Å². The molecular formula is C15H17BrN2O2. The number of rotatable bonds is 4. The van der Waals surface area contributed by atoms with E-state index < -0.39 is 0 Å². The van der Waals surface area contributed by atoms with Crippen LogP contribution in [0.2, 0.25) is 0 Å². The third kappa shape index (κ3) is 3.11. The van der Waals surface area contributed by atoms with Gasteiger partial charge in [-0.15, -0.1) is 0 Å². The number of nitrogens with one attached hydrogen (secondary N) is 1. The molecule has 0 radical (unpaired) electrons. The van der Waals surface area contributed by atoms with E-state index in [1.165, 1.54) is 0 Å². The Bertz CT molecular complexity index is 630. The van der Waals surface area contributed by atoms with Crippen LogP contribution in [-0.2, 0) is 13.2 Å². The van der Waals surface area contributed by atoms with Gasteiger partial charge in [0.1, 0.15) is 5.75 Å². The highest BCUT2D eigenvalue weighted by Crippen LogP contribution is 2.26. The topological polar surface area (TPSA) is 65.4 Å². The number of anilines is 1. The smallest absolute Gasteiger partial charge is 0.142 e. The fourth-order valence-electron chi connectivity index (χ4n) is 2.03. The van der Waals surface area contributed by atoms with Gasteiger partial charge in [-0.1, -0.05) is 15.9 Å². The summed E-state index contributed by atoms with van der Waals surface area (Å²) in [5, 5.41) is 22.7. The molecule has 0 atom stereocenters. The summed E-state index contributed by atoms with van der Waals surface area (Å²) >= 11 is 3.43. The summed E-state index contributed by atoms with van der Waals surface area (Å²) in [6.45, 7) is 4.05. The number of aryl methyl sites for hydroxylation is 2. The number of hydrogen-bond acceptors (Lipinski definition) is 4. The fraction of sp³-hybridized carbons (Fsp3) is 0.267. The maximum Gasteiger partial charge on any atom is 0.142 e. The molecule has 1 aromatic carbocycles. The van der Waals surface area contributed by atoms with Crippen LogP contribution in [0.25, 0.3) is 0 Å². The molecule has 1 heterocycles. The second-order valence-corrected chi connectivity index (χ2v) is 5.58. The number of halogens is 1. The van der Waals surface area contributed by atoms with Crippen LogP contribution in [0.4, 0.5) is 5.69 Å². The molecule has 0 aliphatic heterocycles. The maximum atomic E-state index is 10.1. The predicted molar refractivity (Wildman–Crippen MR) is 82.8 cm³/mol. The first kappa shape index (κ1) is 14.8. The Kier molecular flexibility index (Phi) is 4.62. The first-order valence-corrected chi connectivity index (χ1v) is 7.09. The van der Waals surface area contributed by atoms with Gasteiger partial charge in [-0.2, -0.15) is 0 Å². The molecule has 2 aromatic rings. The van der Waals surface area contributed by atoms with E-state index in [1.54, 1.807) is 13.1 Å². The molecule has 106 valence electrons. The number of hydrogen-bond donors (Lipinski definition) is 3. The van der Waals surface area contributed by atoms with E-state index in [0.29, 0.717) is 23.4 Å². The zero-order chi connectivity index (χ0) is 14.7. The Labute approximate surface area is 126 Å². The number of aromatic hydroxyl groups is 1. The van der Waals surface area contributed by atoms with Crippen LogP contribution >= 0.6 is 15.9 Å². The second-order valence-electron chi connectivity index (χ2n) is 4.67. The summed E-state index contributed by atoms with van der Waals surface area (Å²) in [7, 11) is 0. The van der Waals surface area contributed by atoms with Gasteiger partial charge < -0.3 is 15.5 Å². The van der Waals surface area contributed by atoms with Gasteiger partial charge in [0.05, 0.1) is 12.3 Å². The molecule has 20 heavy (non-hydrogen) atoms. The molecule has 0 amide bonds. The van der Waals surface area contributed by atoms with Crippen LogP contribution in [-0.4, -0.2) is 15.2 Å². The third-order valence-corrected chi connectivity index (χ3v) is 3.74. The standard InChI is InChI=1S/C15H17BrN2O2/c1-9-5-12(16)3-4-14(9)18-7-13-11(8-19)6-17-10(2)15(13)20/h3-6,18-20H,7-8H2,1-2H3. The van der Waals surface area contributed by atoms with Crippen molar-refractivity contribution in [1.82, 2.24) is 4.98 Å². The van der Waals surface area contributed by atoms with Crippen molar-refractivity contribution < 1.29 is 10.2 Å². The number of aliphatic hydroxyl groups excluding tert-OH is 1. The molecular weight excluding hydrogens is 320 g/mol. The lowest BCUT2D eigenvalue weighted by Gasteiger charge is -2.14. The van der Waals surface area contributed by atoms with Gasteiger partial charge in [-0.05, 0) is 37.6 Å². The second kappa shape index (κ2) is 6.24. The molecule has 0 fully saturated rings. The van der Waals surface area contributed by atoms with E-state index >= 15 is 0 Å². The molecule has 0 unspecified atom stereocenters. The van der Waals surface area contributed by atoms with Crippen molar-refractivity contribution in [3.8, 4) is 5.75 Å². The lowest BCUT2D eigenvalue weighted by atomic mass is 10.1. The van der Waals surface area contributed by atoms with Gasteiger partial charge >= 0.3 is 0 Å². The Morgan fingerprint density at radius 2 is 2.05 bits per heavy atom. The zero-order valence-corrected chi connectivity index (χ0v) is 13.0. The van der Waals surface area contributed by atoms with Crippen molar-refractivity contribution in [3.63, 3.8) is 0 Å². The first-order chi connectivity index (χ1) is 9.52. The van der Waals surface area contributed by atoms with E-state index in [0.717, 1.165) is 15.7 Å². The molecule has 0 aliphatic rings. The van der Waals surface area contributed by atoms with Gasteiger partial charge in [0.15, 0.2) is 0 Å². The highest BCUT2D eigenvalue weighted by atomic mass is 79.9. The predicted octanol–water partition coefficient (Wildman–Crippen LogP) is 3.27. The van der Waals surface area contributed by atoms with Gasteiger partial charge in [-0.3, -0.25) is 4.98 Å². The minimum Gasteiger partial charge on any atom is -0.506 e. The monoisotopic (exact) mass is 336 g/mol. The van der Waals surface area contributed by atoms with Crippen molar-refractivity contribution in [2.75, 3.05) is 5.32 Å². The van der Waals surface area contributed by atoms with E-state index in [-0.39, 0.29) is 12.4 Å². The largest absolute Gasteiger partial charge is 0.506 e. The fourth-order valence-corrected chi connectivity index (χ4v) is 2.50. The minimum atomic E-state index is -0.142.